The van der Waals surface area contributed by atoms with Gasteiger partial charge in [0.2, 0.25) is 0 Å². The zero-order chi connectivity index (χ0) is 11.5. The van der Waals surface area contributed by atoms with E-state index in [1.807, 2.05) is 28.9 Å². The Morgan fingerprint density at radius 3 is 2.56 bits per heavy atom. The maximum absolute atomic E-state index is 9.19. The molecule has 2 aromatic rings. The van der Waals surface area contributed by atoms with E-state index in [-0.39, 0.29) is 6.61 Å². The molecule has 84 valence electrons. The van der Waals surface area contributed by atoms with Crippen LogP contribution in [0.5, 0.6) is 0 Å². The topological polar surface area (TPSA) is 38.1 Å². The van der Waals surface area contributed by atoms with E-state index >= 15 is 0 Å². The molecule has 1 aromatic heterocycles. The summed E-state index contributed by atoms with van der Waals surface area (Å²) in [5.74, 6) is 0. The van der Waals surface area contributed by atoms with E-state index in [2.05, 4.69) is 28.0 Å². The van der Waals surface area contributed by atoms with E-state index in [0.717, 1.165) is 27.8 Å². The second-order valence-corrected chi connectivity index (χ2v) is 4.43. The molecule has 1 N–H and O–H groups in total. The molecule has 0 amide bonds. The Labute approximate surface area is 103 Å². The van der Waals surface area contributed by atoms with Crippen molar-refractivity contribution in [3.8, 4) is 5.69 Å². The molecule has 0 saturated heterocycles. The largest absolute Gasteiger partial charge is 0.392 e. The standard InChI is InChI=1S/C12H13BrN2O/c1-2-12-9(8-16)7-14-15(12)11-5-3-10(13)4-6-11/h3-7,16H,2,8H2,1H3. The van der Waals surface area contributed by atoms with Crippen LogP contribution in [0.4, 0.5) is 0 Å². The third-order valence-electron chi connectivity index (χ3n) is 2.53. The second-order valence-electron chi connectivity index (χ2n) is 3.52. The van der Waals surface area contributed by atoms with Crippen LogP contribution in [-0.4, -0.2) is 14.9 Å². The van der Waals surface area contributed by atoms with E-state index in [1.165, 1.54) is 0 Å². The van der Waals surface area contributed by atoms with Gasteiger partial charge in [-0.05, 0) is 30.7 Å². The van der Waals surface area contributed by atoms with Crippen molar-refractivity contribution >= 4 is 15.9 Å². The molecule has 0 radical (unpaired) electrons. The maximum Gasteiger partial charge on any atom is 0.0715 e. The highest BCUT2D eigenvalue weighted by Crippen LogP contribution is 2.18. The fourth-order valence-corrected chi connectivity index (χ4v) is 1.99. The molecule has 0 aliphatic rings. The van der Waals surface area contributed by atoms with Crippen molar-refractivity contribution in [3.05, 3.63) is 46.2 Å². The van der Waals surface area contributed by atoms with Gasteiger partial charge >= 0.3 is 0 Å². The maximum atomic E-state index is 9.19. The van der Waals surface area contributed by atoms with Crippen LogP contribution in [-0.2, 0) is 13.0 Å². The molecular formula is C12H13BrN2O. The number of aliphatic hydroxyl groups excluding tert-OH is 1. The Hall–Kier alpha value is -1.13. The van der Waals surface area contributed by atoms with E-state index < -0.39 is 0 Å². The van der Waals surface area contributed by atoms with Crippen LogP contribution in [0.25, 0.3) is 5.69 Å². The average molecular weight is 281 g/mol. The van der Waals surface area contributed by atoms with Crippen molar-refractivity contribution in [2.24, 2.45) is 0 Å². The molecule has 3 nitrogen and oxygen atoms in total. The lowest BCUT2D eigenvalue weighted by Gasteiger charge is -2.07. The normalized spacial score (nSPS) is 10.7. The second kappa shape index (κ2) is 4.80. The Morgan fingerprint density at radius 1 is 1.31 bits per heavy atom. The van der Waals surface area contributed by atoms with Gasteiger partial charge in [-0.2, -0.15) is 5.10 Å². The summed E-state index contributed by atoms with van der Waals surface area (Å²) in [5, 5.41) is 13.5. The molecule has 0 aliphatic carbocycles. The highest BCUT2D eigenvalue weighted by molar-refractivity contribution is 9.10. The number of hydrogen-bond donors (Lipinski definition) is 1. The molecule has 16 heavy (non-hydrogen) atoms. The number of hydrogen-bond acceptors (Lipinski definition) is 2. The highest BCUT2D eigenvalue weighted by Gasteiger charge is 2.09. The zero-order valence-corrected chi connectivity index (χ0v) is 10.6. The van der Waals surface area contributed by atoms with Crippen molar-refractivity contribution in [1.29, 1.82) is 0 Å². The monoisotopic (exact) mass is 280 g/mol. The summed E-state index contributed by atoms with van der Waals surface area (Å²) in [6.07, 6.45) is 2.58. The molecule has 2 rings (SSSR count). The molecule has 0 fully saturated rings. The lowest BCUT2D eigenvalue weighted by atomic mass is 10.2. The number of aliphatic hydroxyl groups is 1. The van der Waals surface area contributed by atoms with Gasteiger partial charge in [0.1, 0.15) is 0 Å². The zero-order valence-electron chi connectivity index (χ0n) is 9.02. The SMILES string of the molecule is CCc1c(CO)cnn1-c1ccc(Br)cc1. The van der Waals surface area contributed by atoms with Crippen molar-refractivity contribution in [2.45, 2.75) is 20.0 Å². The first-order valence-electron chi connectivity index (χ1n) is 5.18. The number of benzene rings is 1. The predicted molar refractivity (Wildman–Crippen MR) is 66.6 cm³/mol. The lowest BCUT2D eigenvalue weighted by Crippen LogP contribution is -2.02. The molecule has 1 heterocycles. The molecule has 0 unspecified atom stereocenters. The number of nitrogens with zero attached hydrogens (tertiary/aromatic N) is 2. The van der Waals surface area contributed by atoms with Crippen molar-refractivity contribution < 1.29 is 5.11 Å². The lowest BCUT2D eigenvalue weighted by molar-refractivity contribution is 0.280. The van der Waals surface area contributed by atoms with E-state index in [4.69, 9.17) is 0 Å². The van der Waals surface area contributed by atoms with E-state index in [9.17, 15) is 5.11 Å². The third kappa shape index (κ3) is 2.03. The van der Waals surface area contributed by atoms with Crippen LogP contribution in [0.3, 0.4) is 0 Å². The highest BCUT2D eigenvalue weighted by atomic mass is 79.9. The smallest absolute Gasteiger partial charge is 0.0715 e. The number of rotatable bonds is 3. The molecule has 1 aromatic carbocycles. The van der Waals surface area contributed by atoms with Crippen LogP contribution >= 0.6 is 15.9 Å². The molecule has 0 atom stereocenters. The van der Waals surface area contributed by atoms with Crippen LogP contribution in [0.15, 0.2) is 34.9 Å². The van der Waals surface area contributed by atoms with Crippen LogP contribution in [0.1, 0.15) is 18.2 Å². The molecular weight excluding hydrogens is 268 g/mol. The minimum atomic E-state index is 0.0414. The van der Waals surface area contributed by atoms with Crippen molar-refractivity contribution in [2.75, 3.05) is 0 Å². The average Bonchev–Trinajstić information content (AvgIpc) is 2.72. The summed E-state index contributed by atoms with van der Waals surface area (Å²) in [5.41, 5.74) is 2.97. The minimum absolute atomic E-state index is 0.0414. The van der Waals surface area contributed by atoms with Gasteiger partial charge in [0, 0.05) is 15.7 Å². The molecule has 4 heteroatoms. The first kappa shape index (κ1) is 11.4. The Kier molecular flexibility index (Phi) is 3.41. The number of halogens is 1. The van der Waals surface area contributed by atoms with Gasteiger partial charge in [0.25, 0.3) is 0 Å². The fourth-order valence-electron chi connectivity index (χ4n) is 1.72. The van der Waals surface area contributed by atoms with Crippen molar-refractivity contribution in [1.82, 2.24) is 9.78 Å². The Morgan fingerprint density at radius 2 is 2.00 bits per heavy atom. The Balaban J connectivity index is 2.47. The third-order valence-corrected chi connectivity index (χ3v) is 3.06. The van der Waals surface area contributed by atoms with Crippen LogP contribution in [0, 0.1) is 0 Å². The molecule has 0 aliphatic heterocycles. The minimum Gasteiger partial charge on any atom is -0.392 e. The molecule has 0 saturated carbocycles. The summed E-state index contributed by atoms with van der Waals surface area (Å²) in [7, 11) is 0. The van der Waals surface area contributed by atoms with Crippen molar-refractivity contribution in [3.63, 3.8) is 0 Å². The summed E-state index contributed by atoms with van der Waals surface area (Å²) in [4.78, 5) is 0. The predicted octanol–water partition coefficient (Wildman–Crippen LogP) is 2.69. The first-order chi connectivity index (χ1) is 7.76. The van der Waals surface area contributed by atoms with Gasteiger partial charge in [-0.15, -0.1) is 0 Å². The van der Waals surface area contributed by atoms with Gasteiger partial charge < -0.3 is 5.11 Å². The van der Waals surface area contributed by atoms with E-state index in [1.54, 1.807) is 6.20 Å². The quantitative estimate of drug-likeness (QED) is 0.939. The summed E-state index contributed by atoms with van der Waals surface area (Å²) in [6.45, 7) is 2.10. The first-order valence-corrected chi connectivity index (χ1v) is 5.98. The van der Waals surface area contributed by atoms with Gasteiger partial charge in [-0.25, -0.2) is 4.68 Å². The fraction of sp³-hybridized carbons (Fsp3) is 0.250. The van der Waals surface area contributed by atoms with Crippen LogP contribution in [0.2, 0.25) is 0 Å². The van der Waals surface area contributed by atoms with Crippen LogP contribution < -0.4 is 0 Å². The van der Waals surface area contributed by atoms with Gasteiger partial charge in [0.05, 0.1) is 18.5 Å². The molecule has 0 bridgehead atoms. The number of aromatic nitrogens is 2. The summed E-state index contributed by atoms with van der Waals surface area (Å²) in [6, 6.07) is 7.96. The molecule has 0 spiro atoms. The van der Waals surface area contributed by atoms with Gasteiger partial charge in [-0.3, -0.25) is 0 Å². The van der Waals surface area contributed by atoms with Gasteiger partial charge in [-0.1, -0.05) is 22.9 Å². The van der Waals surface area contributed by atoms with E-state index in [0.29, 0.717) is 0 Å². The summed E-state index contributed by atoms with van der Waals surface area (Å²) < 4.78 is 2.92. The summed E-state index contributed by atoms with van der Waals surface area (Å²) >= 11 is 3.40. The van der Waals surface area contributed by atoms with Gasteiger partial charge in [0.15, 0.2) is 0 Å². The Bertz CT molecular complexity index is 476.